The molecule has 1 aromatic carbocycles. The minimum Gasteiger partial charge on any atom is -0.454 e. The summed E-state index contributed by atoms with van der Waals surface area (Å²) in [4.78, 5) is 12.7. The number of nitrogens with one attached hydrogen (secondary N) is 1. The Morgan fingerprint density at radius 1 is 1.06 bits per heavy atom. The van der Waals surface area contributed by atoms with Crippen molar-refractivity contribution >= 4 is 5.91 Å². The predicted octanol–water partition coefficient (Wildman–Crippen LogP) is 1.60. The Morgan fingerprint density at radius 2 is 1.91 bits per heavy atom. The third-order valence-corrected chi connectivity index (χ3v) is 6.66. The largest absolute Gasteiger partial charge is 0.454 e. The molecular formula is C21H25N5O6. The van der Waals surface area contributed by atoms with E-state index >= 15 is 0 Å². The Morgan fingerprint density at radius 3 is 2.81 bits per heavy atom. The monoisotopic (exact) mass is 443 g/mol. The first-order valence-corrected chi connectivity index (χ1v) is 11.2. The molecule has 1 saturated carbocycles. The van der Waals surface area contributed by atoms with Crippen LogP contribution < -0.4 is 19.5 Å². The molecule has 11 nitrogen and oxygen atoms in total. The van der Waals surface area contributed by atoms with Crippen molar-refractivity contribution in [2.45, 2.75) is 56.4 Å². The summed E-state index contributed by atoms with van der Waals surface area (Å²) in [5, 5.41) is 15.1. The van der Waals surface area contributed by atoms with E-state index < -0.39 is 0 Å². The molecule has 3 fully saturated rings. The van der Waals surface area contributed by atoms with E-state index in [0.717, 1.165) is 25.7 Å². The fourth-order valence-corrected chi connectivity index (χ4v) is 4.98. The summed E-state index contributed by atoms with van der Waals surface area (Å²) in [7, 11) is 0. The lowest BCUT2D eigenvalue weighted by atomic mass is 9.88. The topological polar surface area (TPSA) is 119 Å². The van der Waals surface area contributed by atoms with Crippen molar-refractivity contribution in [2.24, 2.45) is 5.92 Å². The van der Waals surface area contributed by atoms with Crippen molar-refractivity contribution in [2.75, 3.05) is 20.0 Å². The summed E-state index contributed by atoms with van der Waals surface area (Å²) in [6.07, 6.45) is 4.87. The number of tetrazole rings is 1. The predicted molar refractivity (Wildman–Crippen MR) is 107 cm³/mol. The average Bonchev–Trinajstić information content (AvgIpc) is 3.60. The fraction of sp³-hybridized carbons (Fsp3) is 0.619. The molecule has 0 radical (unpaired) electrons. The Hall–Kier alpha value is -2.92. The summed E-state index contributed by atoms with van der Waals surface area (Å²) in [6.45, 7) is 0.966. The summed E-state index contributed by atoms with van der Waals surface area (Å²) < 4.78 is 30.3. The van der Waals surface area contributed by atoms with E-state index in [0.29, 0.717) is 30.5 Å². The van der Waals surface area contributed by atoms with Gasteiger partial charge >= 0.3 is 6.01 Å². The third kappa shape index (κ3) is 3.55. The van der Waals surface area contributed by atoms with Gasteiger partial charge in [-0.1, -0.05) is 24.4 Å². The first-order chi connectivity index (χ1) is 15.8. The lowest BCUT2D eigenvalue weighted by molar-refractivity contribution is -0.127. The fourth-order valence-electron chi connectivity index (χ4n) is 4.98. The standard InChI is InChI=1S/C21H25N5O6/c27-20(12-4-2-1-3-5-12)22-14-9-28-19-15(10-29-18(14)19)26-21(23-24-25-26)32-13-6-7-16-17(8-13)31-11-30-16/h6-8,12,14-15,18-19H,1-5,9-11H2,(H,22,27)/t14-,15-,18+,19+/m0/s1. The van der Waals surface area contributed by atoms with Crippen LogP contribution in [0.15, 0.2) is 18.2 Å². The van der Waals surface area contributed by atoms with Gasteiger partial charge in [-0.3, -0.25) is 4.79 Å². The average molecular weight is 443 g/mol. The molecule has 0 bridgehead atoms. The maximum Gasteiger partial charge on any atom is 0.341 e. The molecule has 6 rings (SSSR count). The zero-order valence-electron chi connectivity index (χ0n) is 17.5. The van der Waals surface area contributed by atoms with Gasteiger partial charge < -0.3 is 29.0 Å². The van der Waals surface area contributed by atoms with E-state index in [1.54, 1.807) is 22.9 Å². The van der Waals surface area contributed by atoms with Crippen LogP contribution in [0.1, 0.15) is 38.1 Å². The maximum absolute atomic E-state index is 12.7. The van der Waals surface area contributed by atoms with Gasteiger partial charge in [-0.2, -0.15) is 4.68 Å². The van der Waals surface area contributed by atoms with Gasteiger partial charge in [0.15, 0.2) is 11.5 Å². The molecule has 1 amide bonds. The second kappa shape index (κ2) is 8.21. The van der Waals surface area contributed by atoms with Gasteiger partial charge in [-0.25, -0.2) is 0 Å². The van der Waals surface area contributed by atoms with Crippen LogP contribution in [0.3, 0.4) is 0 Å². The Kier molecular flexibility index (Phi) is 5.07. The summed E-state index contributed by atoms with van der Waals surface area (Å²) >= 11 is 0. The molecule has 1 aromatic heterocycles. The Balaban J connectivity index is 1.13. The molecule has 4 aliphatic rings. The Labute approximate surface area is 184 Å². The number of benzene rings is 1. The molecular weight excluding hydrogens is 418 g/mol. The van der Waals surface area contributed by atoms with Crippen LogP contribution in [0, 0.1) is 5.92 Å². The smallest absolute Gasteiger partial charge is 0.341 e. The molecule has 3 aliphatic heterocycles. The van der Waals surface area contributed by atoms with E-state index in [9.17, 15) is 4.79 Å². The molecule has 1 N–H and O–H groups in total. The zero-order valence-corrected chi connectivity index (χ0v) is 17.5. The molecule has 32 heavy (non-hydrogen) atoms. The van der Waals surface area contributed by atoms with Crippen molar-refractivity contribution in [3.8, 4) is 23.3 Å². The molecule has 0 spiro atoms. The van der Waals surface area contributed by atoms with Gasteiger partial charge in [-0.15, -0.1) is 0 Å². The van der Waals surface area contributed by atoms with Crippen LogP contribution in [-0.2, 0) is 14.3 Å². The van der Waals surface area contributed by atoms with Crippen molar-refractivity contribution in [1.29, 1.82) is 0 Å². The zero-order chi connectivity index (χ0) is 21.5. The summed E-state index contributed by atoms with van der Waals surface area (Å²) in [5.41, 5.74) is 0. The number of amides is 1. The third-order valence-electron chi connectivity index (χ3n) is 6.66. The highest BCUT2D eigenvalue weighted by molar-refractivity contribution is 5.79. The first kappa shape index (κ1) is 19.7. The molecule has 2 saturated heterocycles. The van der Waals surface area contributed by atoms with Gasteiger partial charge in [0.05, 0.1) is 19.3 Å². The van der Waals surface area contributed by atoms with Crippen molar-refractivity contribution in [3.63, 3.8) is 0 Å². The first-order valence-electron chi connectivity index (χ1n) is 11.2. The second-order valence-corrected chi connectivity index (χ2v) is 8.64. The Bertz CT molecular complexity index is 993. The molecule has 170 valence electrons. The lowest BCUT2D eigenvalue weighted by Gasteiger charge is -2.24. The highest BCUT2D eigenvalue weighted by Crippen LogP contribution is 2.38. The molecule has 11 heteroatoms. The number of carbonyl (C=O) groups is 1. The van der Waals surface area contributed by atoms with Crippen LogP contribution in [-0.4, -0.2) is 64.4 Å². The quantitative estimate of drug-likeness (QED) is 0.735. The highest BCUT2D eigenvalue weighted by Gasteiger charge is 2.50. The van der Waals surface area contributed by atoms with Gasteiger partial charge in [0.1, 0.15) is 24.0 Å². The van der Waals surface area contributed by atoms with Crippen LogP contribution in [0.25, 0.3) is 0 Å². The normalized spacial score (nSPS) is 29.1. The van der Waals surface area contributed by atoms with Gasteiger partial charge in [0.2, 0.25) is 12.7 Å². The molecule has 1 aliphatic carbocycles. The number of nitrogens with zero attached hydrogens (tertiary/aromatic N) is 4. The number of rotatable bonds is 5. The molecule has 4 atom stereocenters. The van der Waals surface area contributed by atoms with Gasteiger partial charge in [0, 0.05) is 12.0 Å². The van der Waals surface area contributed by atoms with Crippen LogP contribution in [0.2, 0.25) is 0 Å². The minimum atomic E-state index is -0.269. The number of carbonyl (C=O) groups excluding carboxylic acids is 1. The molecule has 4 heterocycles. The SMILES string of the molecule is O=C(N[C@H]1CO[C@H]2[C@@H]1OC[C@@H]2n1nnnc1Oc1ccc2c(c1)OCO2)C1CCCCC1. The van der Waals surface area contributed by atoms with Crippen molar-refractivity contribution in [1.82, 2.24) is 25.5 Å². The van der Waals surface area contributed by atoms with Gasteiger partial charge in [-0.05, 0) is 35.4 Å². The van der Waals surface area contributed by atoms with Crippen LogP contribution in [0.4, 0.5) is 0 Å². The van der Waals surface area contributed by atoms with E-state index in [1.165, 1.54) is 6.42 Å². The van der Waals surface area contributed by atoms with Crippen molar-refractivity contribution in [3.05, 3.63) is 18.2 Å². The number of fused-ring (bicyclic) bond motifs is 2. The number of hydrogen-bond donors (Lipinski definition) is 1. The van der Waals surface area contributed by atoms with Crippen LogP contribution in [0.5, 0.6) is 23.3 Å². The highest BCUT2D eigenvalue weighted by atomic mass is 16.7. The summed E-state index contributed by atoms with van der Waals surface area (Å²) in [5.74, 6) is 2.03. The molecule has 2 aromatic rings. The minimum absolute atomic E-state index is 0.0984. The summed E-state index contributed by atoms with van der Waals surface area (Å²) in [6, 6.07) is 5.09. The number of hydrogen-bond acceptors (Lipinski definition) is 9. The lowest BCUT2D eigenvalue weighted by Crippen LogP contribution is -2.46. The van der Waals surface area contributed by atoms with E-state index in [1.807, 2.05) is 0 Å². The maximum atomic E-state index is 12.7. The van der Waals surface area contributed by atoms with E-state index in [-0.39, 0.29) is 48.9 Å². The van der Waals surface area contributed by atoms with E-state index in [4.69, 9.17) is 23.7 Å². The number of ether oxygens (including phenoxy) is 5. The van der Waals surface area contributed by atoms with Crippen molar-refractivity contribution < 1.29 is 28.5 Å². The number of aromatic nitrogens is 4. The van der Waals surface area contributed by atoms with Gasteiger partial charge in [0.25, 0.3) is 0 Å². The second-order valence-electron chi connectivity index (χ2n) is 8.64. The van der Waals surface area contributed by atoms with E-state index in [2.05, 4.69) is 20.8 Å². The molecule has 0 unspecified atom stereocenters. The van der Waals surface area contributed by atoms with Crippen LogP contribution >= 0.6 is 0 Å².